The Morgan fingerprint density at radius 3 is 2.25 bits per heavy atom. The van der Waals surface area contributed by atoms with Gasteiger partial charge in [-0.05, 0) is 56.5 Å². The molecule has 0 fully saturated rings. The predicted molar refractivity (Wildman–Crippen MR) is 113 cm³/mol. The van der Waals surface area contributed by atoms with E-state index in [1.165, 1.54) is 6.07 Å². The summed E-state index contributed by atoms with van der Waals surface area (Å²) >= 11 is 0. The molecule has 0 aliphatic heterocycles. The van der Waals surface area contributed by atoms with Gasteiger partial charge >= 0.3 is 5.97 Å². The highest BCUT2D eigenvalue weighted by atomic mass is 32.2. The Bertz CT molecular complexity index is 961. The quantitative estimate of drug-likeness (QED) is 0.683. The van der Waals surface area contributed by atoms with Crippen molar-refractivity contribution in [3.8, 4) is 0 Å². The number of nitrogens with one attached hydrogen (secondary N) is 1. The van der Waals surface area contributed by atoms with Crippen LogP contribution in [0, 0.1) is 20.8 Å². The van der Waals surface area contributed by atoms with Crippen LogP contribution in [0.25, 0.3) is 0 Å². The van der Waals surface area contributed by atoms with E-state index in [1.54, 1.807) is 26.0 Å². The van der Waals surface area contributed by atoms with Crippen LogP contribution in [-0.2, 0) is 10.0 Å². The zero-order chi connectivity index (χ0) is 21.1. The zero-order valence-corrected chi connectivity index (χ0v) is 17.9. The summed E-state index contributed by atoms with van der Waals surface area (Å²) in [5, 5.41) is 9.59. The summed E-state index contributed by atoms with van der Waals surface area (Å²) in [7, 11) is -2.00. The molecule has 0 amide bonds. The van der Waals surface area contributed by atoms with Gasteiger partial charge in [-0.25, -0.2) is 13.2 Å². The number of hydrogen-bond donors (Lipinski definition) is 2. The smallest absolute Gasteiger partial charge is 0.337 e. The number of sulfonamides is 1. The van der Waals surface area contributed by atoms with Crippen LogP contribution in [0.1, 0.15) is 46.8 Å². The molecule has 0 saturated heterocycles. The van der Waals surface area contributed by atoms with E-state index >= 15 is 0 Å². The number of aryl methyl sites for hydroxylation is 3. The fourth-order valence-electron chi connectivity index (χ4n) is 3.42. The molecule has 0 saturated carbocycles. The molecular formula is C21H28N2O4S. The predicted octanol–water partition coefficient (Wildman–Crippen LogP) is 4.35. The minimum absolute atomic E-state index is 0.0659. The molecule has 0 heterocycles. The summed E-state index contributed by atoms with van der Waals surface area (Å²) in [6.07, 6.45) is 1.94. The van der Waals surface area contributed by atoms with E-state index in [1.807, 2.05) is 31.0 Å². The monoisotopic (exact) mass is 404 g/mol. The lowest BCUT2D eigenvalue weighted by Crippen LogP contribution is -2.21. The number of carboxylic acid groups (broad SMARTS) is 1. The molecule has 0 bridgehead atoms. The Balaban J connectivity index is 2.41. The van der Waals surface area contributed by atoms with Crippen molar-refractivity contribution in [2.24, 2.45) is 0 Å². The van der Waals surface area contributed by atoms with Gasteiger partial charge < -0.3 is 10.0 Å². The lowest BCUT2D eigenvalue weighted by atomic mass is 10.1. The minimum atomic E-state index is -3.84. The van der Waals surface area contributed by atoms with Gasteiger partial charge in [-0.3, -0.25) is 4.72 Å². The van der Waals surface area contributed by atoms with E-state index in [4.69, 9.17) is 0 Å². The topological polar surface area (TPSA) is 86.7 Å². The van der Waals surface area contributed by atoms with Gasteiger partial charge in [0.05, 0.1) is 16.1 Å². The third-order valence-corrected chi connectivity index (χ3v) is 6.30. The van der Waals surface area contributed by atoms with Crippen molar-refractivity contribution in [1.82, 2.24) is 0 Å². The summed E-state index contributed by atoms with van der Waals surface area (Å²) in [6.45, 7) is 8.21. The summed E-state index contributed by atoms with van der Waals surface area (Å²) in [5.74, 6) is -1.10. The van der Waals surface area contributed by atoms with Crippen molar-refractivity contribution in [2.45, 2.75) is 45.4 Å². The molecule has 152 valence electrons. The highest BCUT2D eigenvalue weighted by molar-refractivity contribution is 7.92. The van der Waals surface area contributed by atoms with Gasteiger partial charge in [-0.2, -0.15) is 0 Å². The number of anilines is 2. The highest BCUT2D eigenvalue weighted by Crippen LogP contribution is 2.28. The van der Waals surface area contributed by atoms with Crippen LogP contribution in [0.3, 0.4) is 0 Å². The van der Waals surface area contributed by atoms with Crippen LogP contribution in [0.4, 0.5) is 11.4 Å². The zero-order valence-electron chi connectivity index (χ0n) is 17.0. The normalized spacial score (nSPS) is 11.3. The second kappa shape index (κ2) is 8.65. The van der Waals surface area contributed by atoms with Gasteiger partial charge in [0, 0.05) is 19.3 Å². The first-order valence-corrected chi connectivity index (χ1v) is 10.7. The minimum Gasteiger partial charge on any atom is -0.478 e. The van der Waals surface area contributed by atoms with Gasteiger partial charge in [0.25, 0.3) is 10.0 Å². The Morgan fingerprint density at radius 1 is 1.11 bits per heavy atom. The highest BCUT2D eigenvalue weighted by Gasteiger charge is 2.22. The first kappa shape index (κ1) is 21.8. The summed E-state index contributed by atoms with van der Waals surface area (Å²) in [5.41, 5.74) is 3.15. The molecular weight excluding hydrogens is 376 g/mol. The maximum atomic E-state index is 12.9. The molecule has 0 atom stereocenters. The largest absolute Gasteiger partial charge is 0.478 e. The van der Waals surface area contributed by atoms with Crippen molar-refractivity contribution < 1.29 is 18.3 Å². The molecule has 0 aromatic heterocycles. The molecule has 2 N–H and O–H groups in total. The standard InChI is InChI=1S/C21H28N2O4S/c1-6-7-10-23(5)19-9-8-17(13-18(19)21(24)25)22-28(26,27)20-15(3)11-14(2)12-16(20)4/h8-9,11-13,22H,6-7,10H2,1-5H3,(H,24,25). The lowest BCUT2D eigenvalue weighted by molar-refractivity contribution is 0.0697. The van der Waals surface area contributed by atoms with Gasteiger partial charge in [-0.1, -0.05) is 31.0 Å². The van der Waals surface area contributed by atoms with Crippen LogP contribution < -0.4 is 9.62 Å². The fourth-order valence-corrected chi connectivity index (χ4v) is 4.92. The molecule has 2 rings (SSSR count). The van der Waals surface area contributed by atoms with Gasteiger partial charge in [-0.15, -0.1) is 0 Å². The van der Waals surface area contributed by atoms with E-state index < -0.39 is 16.0 Å². The summed E-state index contributed by atoms with van der Waals surface area (Å²) in [6, 6.07) is 8.25. The van der Waals surface area contributed by atoms with E-state index in [0.717, 1.165) is 24.9 Å². The van der Waals surface area contributed by atoms with Crippen molar-refractivity contribution in [3.63, 3.8) is 0 Å². The molecule has 0 spiro atoms. The van der Waals surface area contributed by atoms with Gasteiger partial charge in [0.1, 0.15) is 0 Å². The molecule has 0 radical (unpaired) electrons. The Labute approximate surface area is 167 Å². The third-order valence-electron chi connectivity index (χ3n) is 4.61. The first-order chi connectivity index (χ1) is 13.1. The average Bonchev–Trinajstić information content (AvgIpc) is 2.57. The Hall–Kier alpha value is -2.54. The molecule has 6 nitrogen and oxygen atoms in total. The van der Waals surface area contributed by atoms with E-state index in [9.17, 15) is 18.3 Å². The second-order valence-electron chi connectivity index (χ2n) is 7.15. The van der Waals surface area contributed by atoms with Crippen molar-refractivity contribution >= 4 is 27.4 Å². The van der Waals surface area contributed by atoms with Crippen molar-refractivity contribution in [3.05, 3.63) is 52.6 Å². The van der Waals surface area contributed by atoms with Crippen LogP contribution in [0.15, 0.2) is 35.2 Å². The third kappa shape index (κ3) is 4.84. The number of carboxylic acids is 1. The molecule has 2 aromatic rings. The average molecular weight is 405 g/mol. The maximum absolute atomic E-state index is 12.9. The van der Waals surface area contributed by atoms with Crippen molar-refractivity contribution in [1.29, 1.82) is 0 Å². The van der Waals surface area contributed by atoms with E-state index in [2.05, 4.69) is 11.6 Å². The maximum Gasteiger partial charge on any atom is 0.337 e. The molecule has 2 aromatic carbocycles. The van der Waals surface area contributed by atoms with Crippen LogP contribution >= 0.6 is 0 Å². The number of rotatable bonds is 8. The first-order valence-electron chi connectivity index (χ1n) is 9.26. The van der Waals surface area contributed by atoms with Gasteiger partial charge in [0.15, 0.2) is 0 Å². The summed E-state index contributed by atoms with van der Waals surface area (Å²) in [4.78, 5) is 13.8. The Morgan fingerprint density at radius 2 is 1.71 bits per heavy atom. The number of carbonyl (C=O) groups is 1. The van der Waals surface area contributed by atoms with E-state index in [-0.39, 0.29) is 16.1 Å². The van der Waals surface area contributed by atoms with Crippen LogP contribution in [-0.4, -0.2) is 33.1 Å². The van der Waals surface area contributed by atoms with Gasteiger partial charge in [0.2, 0.25) is 0 Å². The second-order valence-corrected chi connectivity index (χ2v) is 8.76. The molecule has 0 unspecified atom stereocenters. The SMILES string of the molecule is CCCCN(C)c1ccc(NS(=O)(=O)c2c(C)cc(C)cc2C)cc1C(=O)O. The number of unbranched alkanes of at least 4 members (excludes halogenated alkanes) is 1. The number of nitrogens with zero attached hydrogens (tertiary/aromatic N) is 1. The molecule has 0 aliphatic carbocycles. The molecule has 0 aliphatic rings. The number of benzene rings is 2. The number of aromatic carboxylic acids is 1. The fraction of sp³-hybridized carbons (Fsp3) is 0.381. The van der Waals surface area contributed by atoms with E-state index in [0.29, 0.717) is 16.8 Å². The molecule has 28 heavy (non-hydrogen) atoms. The molecule has 7 heteroatoms. The van der Waals surface area contributed by atoms with Crippen LogP contribution in [0.5, 0.6) is 0 Å². The summed E-state index contributed by atoms with van der Waals surface area (Å²) < 4.78 is 28.4. The number of hydrogen-bond acceptors (Lipinski definition) is 4. The lowest BCUT2D eigenvalue weighted by Gasteiger charge is -2.22. The van der Waals surface area contributed by atoms with Crippen molar-refractivity contribution in [2.75, 3.05) is 23.2 Å². The Kier molecular flexibility index (Phi) is 6.72. The van der Waals surface area contributed by atoms with Crippen LogP contribution in [0.2, 0.25) is 0 Å².